The number of carbonyl (C=O) groups excluding carboxylic acids is 1. The van der Waals surface area contributed by atoms with Crippen LogP contribution in [0, 0.1) is 11.8 Å². The van der Waals surface area contributed by atoms with Gasteiger partial charge in [-0.1, -0.05) is 20.8 Å². The molecule has 112 valence electrons. The van der Waals surface area contributed by atoms with Crippen molar-refractivity contribution in [1.29, 1.82) is 0 Å². The Kier molecular flexibility index (Phi) is 7.39. The van der Waals surface area contributed by atoms with E-state index in [1.807, 2.05) is 0 Å². The second-order valence-electron chi connectivity index (χ2n) is 5.82. The number of amides is 1. The Balaban J connectivity index is 2.19. The van der Waals surface area contributed by atoms with Gasteiger partial charge in [-0.3, -0.25) is 4.79 Å². The van der Waals surface area contributed by atoms with Crippen molar-refractivity contribution in [3.8, 4) is 0 Å². The standard InChI is InChI=1S/C15H31N3O/c1-5-18(6-2)9-7-8-13(4)17-15(19)14-11-16-10-12(14)3/h12-14,16H,5-11H2,1-4H3,(H,17,19). The van der Waals surface area contributed by atoms with Gasteiger partial charge in [0.05, 0.1) is 5.92 Å². The molecule has 0 radical (unpaired) electrons. The lowest BCUT2D eigenvalue weighted by atomic mass is 9.97. The van der Waals surface area contributed by atoms with Crippen molar-refractivity contribution < 1.29 is 4.79 Å². The van der Waals surface area contributed by atoms with Gasteiger partial charge in [0.15, 0.2) is 0 Å². The predicted molar refractivity (Wildman–Crippen MR) is 80.2 cm³/mol. The van der Waals surface area contributed by atoms with Crippen LogP contribution in [-0.4, -0.2) is 49.6 Å². The summed E-state index contributed by atoms with van der Waals surface area (Å²) in [6, 6.07) is 0.288. The lowest BCUT2D eigenvalue weighted by molar-refractivity contribution is -0.126. The third-order valence-electron chi connectivity index (χ3n) is 4.25. The van der Waals surface area contributed by atoms with Crippen molar-refractivity contribution in [3.63, 3.8) is 0 Å². The maximum Gasteiger partial charge on any atom is 0.224 e. The molecule has 1 heterocycles. The number of nitrogens with zero attached hydrogens (tertiary/aromatic N) is 1. The summed E-state index contributed by atoms with van der Waals surface area (Å²) in [7, 11) is 0. The monoisotopic (exact) mass is 269 g/mol. The number of rotatable bonds is 8. The quantitative estimate of drug-likeness (QED) is 0.701. The van der Waals surface area contributed by atoms with Crippen molar-refractivity contribution in [2.24, 2.45) is 11.8 Å². The summed E-state index contributed by atoms with van der Waals surface area (Å²) in [6.45, 7) is 13.8. The molecule has 0 aromatic carbocycles. The first-order chi connectivity index (χ1) is 9.08. The van der Waals surface area contributed by atoms with E-state index in [1.54, 1.807) is 0 Å². The highest BCUT2D eigenvalue weighted by atomic mass is 16.2. The van der Waals surface area contributed by atoms with E-state index in [0.29, 0.717) is 5.92 Å². The minimum atomic E-state index is 0.158. The van der Waals surface area contributed by atoms with E-state index in [0.717, 1.165) is 45.6 Å². The third-order valence-corrected chi connectivity index (χ3v) is 4.25. The molecule has 1 amide bonds. The lowest BCUT2D eigenvalue weighted by Gasteiger charge is -2.21. The first kappa shape index (κ1) is 16.4. The summed E-state index contributed by atoms with van der Waals surface area (Å²) in [5, 5.41) is 6.45. The molecule has 0 aromatic heterocycles. The fourth-order valence-corrected chi connectivity index (χ4v) is 2.74. The zero-order valence-electron chi connectivity index (χ0n) is 13.0. The van der Waals surface area contributed by atoms with Crippen LogP contribution < -0.4 is 10.6 Å². The van der Waals surface area contributed by atoms with Crippen LogP contribution >= 0.6 is 0 Å². The summed E-state index contributed by atoms with van der Waals surface area (Å²) >= 11 is 0. The molecule has 3 unspecified atom stereocenters. The topological polar surface area (TPSA) is 44.4 Å². The molecule has 1 aliphatic heterocycles. The predicted octanol–water partition coefficient (Wildman–Crippen LogP) is 1.47. The first-order valence-electron chi connectivity index (χ1n) is 7.81. The van der Waals surface area contributed by atoms with Crippen LogP contribution in [0.5, 0.6) is 0 Å². The van der Waals surface area contributed by atoms with Crippen molar-refractivity contribution >= 4 is 5.91 Å². The maximum atomic E-state index is 12.1. The van der Waals surface area contributed by atoms with Crippen LogP contribution in [0.1, 0.15) is 40.5 Å². The molecule has 1 fully saturated rings. The van der Waals surface area contributed by atoms with Gasteiger partial charge in [-0.2, -0.15) is 0 Å². The molecule has 0 spiro atoms. The second-order valence-corrected chi connectivity index (χ2v) is 5.82. The van der Waals surface area contributed by atoms with Crippen molar-refractivity contribution in [2.75, 3.05) is 32.7 Å². The molecule has 0 bridgehead atoms. The number of hydrogen-bond acceptors (Lipinski definition) is 3. The Labute approximate surface area is 118 Å². The van der Waals surface area contributed by atoms with Gasteiger partial charge < -0.3 is 15.5 Å². The van der Waals surface area contributed by atoms with Crippen molar-refractivity contribution in [3.05, 3.63) is 0 Å². The van der Waals surface area contributed by atoms with Gasteiger partial charge in [0.1, 0.15) is 0 Å². The Hall–Kier alpha value is -0.610. The van der Waals surface area contributed by atoms with Crippen molar-refractivity contribution in [2.45, 2.75) is 46.6 Å². The largest absolute Gasteiger partial charge is 0.353 e. The average Bonchev–Trinajstić information content (AvgIpc) is 2.81. The summed E-state index contributed by atoms with van der Waals surface area (Å²) in [5.41, 5.74) is 0. The van der Waals surface area contributed by atoms with Crippen LogP contribution in [0.15, 0.2) is 0 Å². The molecule has 0 aromatic rings. The minimum Gasteiger partial charge on any atom is -0.353 e. The van der Waals surface area contributed by atoms with E-state index in [-0.39, 0.29) is 17.9 Å². The van der Waals surface area contributed by atoms with E-state index in [2.05, 4.69) is 43.2 Å². The summed E-state index contributed by atoms with van der Waals surface area (Å²) in [5.74, 6) is 0.848. The van der Waals surface area contributed by atoms with Crippen LogP contribution in [0.25, 0.3) is 0 Å². The van der Waals surface area contributed by atoms with Crippen LogP contribution in [-0.2, 0) is 4.79 Å². The van der Waals surface area contributed by atoms with Gasteiger partial charge in [-0.15, -0.1) is 0 Å². The van der Waals surface area contributed by atoms with Crippen LogP contribution in [0.2, 0.25) is 0 Å². The molecule has 4 nitrogen and oxygen atoms in total. The molecule has 1 aliphatic rings. The Morgan fingerprint density at radius 2 is 2.05 bits per heavy atom. The molecule has 2 N–H and O–H groups in total. The summed E-state index contributed by atoms with van der Waals surface area (Å²) < 4.78 is 0. The first-order valence-corrected chi connectivity index (χ1v) is 7.81. The van der Waals surface area contributed by atoms with E-state index < -0.39 is 0 Å². The zero-order chi connectivity index (χ0) is 14.3. The molecule has 0 aliphatic carbocycles. The van der Waals surface area contributed by atoms with Crippen LogP contribution in [0.4, 0.5) is 0 Å². The van der Waals surface area contributed by atoms with Crippen molar-refractivity contribution in [1.82, 2.24) is 15.5 Å². The third kappa shape index (κ3) is 5.49. The molecule has 1 saturated heterocycles. The Bertz CT molecular complexity index is 266. The highest BCUT2D eigenvalue weighted by molar-refractivity contribution is 5.79. The summed E-state index contributed by atoms with van der Waals surface area (Å²) in [6.07, 6.45) is 2.22. The molecule has 19 heavy (non-hydrogen) atoms. The molecule has 3 atom stereocenters. The maximum absolute atomic E-state index is 12.1. The molecular weight excluding hydrogens is 238 g/mol. The molecule has 0 saturated carbocycles. The van der Waals surface area contributed by atoms with Gasteiger partial charge in [-0.25, -0.2) is 0 Å². The smallest absolute Gasteiger partial charge is 0.224 e. The number of hydrogen-bond donors (Lipinski definition) is 2. The van der Waals surface area contributed by atoms with E-state index in [4.69, 9.17) is 0 Å². The fraction of sp³-hybridized carbons (Fsp3) is 0.933. The summed E-state index contributed by atoms with van der Waals surface area (Å²) in [4.78, 5) is 14.5. The second kappa shape index (κ2) is 8.54. The molecular formula is C15H31N3O. The molecule has 4 heteroatoms. The van der Waals surface area contributed by atoms with Gasteiger partial charge in [0.25, 0.3) is 0 Å². The Morgan fingerprint density at radius 3 is 2.58 bits per heavy atom. The highest BCUT2D eigenvalue weighted by Gasteiger charge is 2.29. The highest BCUT2D eigenvalue weighted by Crippen LogP contribution is 2.16. The number of nitrogens with one attached hydrogen (secondary N) is 2. The fourth-order valence-electron chi connectivity index (χ4n) is 2.74. The number of carbonyl (C=O) groups is 1. The van der Waals surface area contributed by atoms with E-state index in [9.17, 15) is 4.79 Å². The lowest BCUT2D eigenvalue weighted by Crippen LogP contribution is -2.40. The van der Waals surface area contributed by atoms with Gasteiger partial charge in [0.2, 0.25) is 5.91 Å². The average molecular weight is 269 g/mol. The van der Waals surface area contributed by atoms with Gasteiger partial charge >= 0.3 is 0 Å². The minimum absolute atomic E-state index is 0.158. The zero-order valence-corrected chi connectivity index (χ0v) is 13.0. The Morgan fingerprint density at radius 1 is 1.37 bits per heavy atom. The van der Waals surface area contributed by atoms with Gasteiger partial charge in [0, 0.05) is 12.6 Å². The van der Waals surface area contributed by atoms with Gasteiger partial charge in [-0.05, 0) is 51.9 Å². The SMILES string of the molecule is CCN(CC)CCCC(C)NC(=O)C1CNCC1C. The van der Waals surface area contributed by atoms with E-state index >= 15 is 0 Å². The molecule has 1 rings (SSSR count). The van der Waals surface area contributed by atoms with E-state index in [1.165, 1.54) is 0 Å². The normalized spacial score (nSPS) is 24.7. The van der Waals surface area contributed by atoms with Crippen LogP contribution in [0.3, 0.4) is 0 Å².